The van der Waals surface area contributed by atoms with Gasteiger partial charge in [-0.1, -0.05) is 25.1 Å². The van der Waals surface area contributed by atoms with Crippen LogP contribution in [0.3, 0.4) is 0 Å². The maximum absolute atomic E-state index is 12.4. The number of hydrogen-bond donors (Lipinski definition) is 1. The molecule has 0 saturated carbocycles. The summed E-state index contributed by atoms with van der Waals surface area (Å²) in [5, 5.41) is 3.46. The second-order valence-corrected chi connectivity index (χ2v) is 7.09. The molecule has 0 aliphatic carbocycles. The Morgan fingerprint density at radius 3 is 2.69 bits per heavy atom. The molecule has 0 radical (unpaired) electrons. The minimum absolute atomic E-state index is 0.0716. The highest BCUT2D eigenvalue weighted by molar-refractivity contribution is 5.91. The van der Waals surface area contributed by atoms with Crippen molar-refractivity contribution in [1.82, 2.24) is 14.9 Å². The Hall–Kier alpha value is -3.35. The third-order valence-corrected chi connectivity index (χ3v) is 5.22. The number of piperazine rings is 1. The van der Waals surface area contributed by atoms with Crippen LogP contribution in [0.5, 0.6) is 0 Å². The number of carbonyl (C=O) groups excluding carboxylic acids is 1. The number of para-hydroxylation sites is 1. The highest BCUT2D eigenvalue weighted by Crippen LogP contribution is 2.25. The number of hydrogen-bond acceptors (Lipinski definition) is 6. The van der Waals surface area contributed by atoms with Crippen LogP contribution >= 0.6 is 0 Å². The van der Waals surface area contributed by atoms with Crippen molar-refractivity contribution in [2.45, 2.75) is 20.3 Å². The molecule has 1 fully saturated rings. The van der Waals surface area contributed by atoms with Gasteiger partial charge < -0.3 is 19.5 Å². The smallest absolute Gasteiger partial charge is 0.289 e. The summed E-state index contributed by atoms with van der Waals surface area (Å²) >= 11 is 0. The van der Waals surface area contributed by atoms with Crippen molar-refractivity contribution >= 4 is 23.4 Å². The topological polar surface area (TPSA) is 74.5 Å². The van der Waals surface area contributed by atoms with E-state index in [4.69, 9.17) is 9.40 Å². The second-order valence-electron chi connectivity index (χ2n) is 7.09. The summed E-state index contributed by atoms with van der Waals surface area (Å²) in [6.07, 6.45) is 4.25. The molecule has 150 valence electrons. The van der Waals surface area contributed by atoms with Gasteiger partial charge in [-0.2, -0.15) is 4.98 Å². The fourth-order valence-corrected chi connectivity index (χ4v) is 3.57. The monoisotopic (exact) mass is 391 g/mol. The molecule has 0 atom stereocenters. The van der Waals surface area contributed by atoms with Crippen molar-refractivity contribution in [3.63, 3.8) is 0 Å². The number of rotatable bonds is 5. The fraction of sp³-hybridized carbons (Fsp3) is 0.318. The molecule has 4 rings (SSSR count). The molecule has 1 aliphatic heterocycles. The minimum atomic E-state index is -0.0716. The van der Waals surface area contributed by atoms with Gasteiger partial charge in [-0.25, -0.2) is 4.98 Å². The number of nitrogens with one attached hydrogen (secondary N) is 1. The van der Waals surface area contributed by atoms with E-state index in [2.05, 4.69) is 47.2 Å². The number of aryl methyl sites for hydroxylation is 2. The van der Waals surface area contributed by atoms with Crippen LogP contribution in [0.1, 0.15) is 28.6 Å². The minimum Gasteiger partial charge on any atom is -0.459 e. The van der Waals surface area contributed by atoms with Gasteiger partial charge in [0.1, 0.15) is 5.82 Å². The molecule has 7 nitrogen and oxygen atoms in total. The van der Waals surface area contributed by atoms with Gasteiger partial charge in [0, 0.05) is 38.1 Å². The van der Waals surface area contributed by atoms with Crippen LogP contribution in [0.2, 0.25) is 0 Å². The zero-order valence-electron chi connectivity index (χ0n) is 16.8. The van der Waals surface area contributed by atoms with Gasteiger partial charge in [0.15, 0.2) is 5.76 Å². The largest absolute Gasteiger partial charge is 0.459 e. The quantitative estimate of drug-likeness (QED) is 0.716. The molecule has 1 amide bonds. The Kier molecular flexibility index (Phi) is 5.46. The van der Waals surface area contributed by atoms with Crippen molar-refractivity contribution in [3.05, 3.63) is 65.7 Å². The number of nitrogens with zero attached hydrogens (tertiary/aromatic N) is 4. The highest BCUT2D eigenvalue weighted by Gasteiger charge is 2.25. The lowest BCUT2D eigenvalue weighted by Gasteiger charge is -2.34. The molecule has 0 bridgehead atoms. The number of aromatic nitrogens is 2. The molecule has 3 aromatic rings. The lowest BCUT2D eigenvalue weighted by Crippen LogP contribution is -2.49. The highest BCUT2D eigenvalue weighted by atomic mass is 16.3. The van der Waals surface area contributed by atoms with E-state index in [0.29, 0.717) is 37.9 Å². The Balaban J connectivity index is 1.44. The van der Waals surface area contributed by atoms with Gasteiger partial charge in [0.2, 0.25) is 5.95 Å². The maximum Gasteiger partial charge on any atom is 0.289 e. The van der Waals surface area contributed by atoms with Crippen molar-refractivity contribution in [1.29, 1.82) is 0 Å². The molecule has 2 aromatic heterocycles. The molecule has 1 aromatic carbocycles. The van der Waals surface area contributed by atoms with Crippen molar-refractivity contribution in [2.75, 3.05) is 36.4 Å². The molecule has 1 N–H and O–H groups in total. The summed E-state index contributed by atoms with van der Waals surface area (Å²) in [5.74, 6) is 1.75. The van der Waals surface area contributed by atoms with Crippen LogP contribution in [-0.2, 0) is 6.42 Å². The summed E-state index contributed by atoms with van der Waals surface area (Å²) in [6, 6.07) is 11.6. The first kappa shape index (κ1) is 19.0. The average molecular weight is 391 g/mol. The Bertz CT molecular complexity index is 979. The van der Waals surface area contributed by atoms with Crippen LogP contribution in [0.25, 0.3) is 0 Å². The summed E-state index contributed by atoms with van der Waals surface area (Å²) in [6.45, 7) is 6.82. The van der Waals surface area contributed by atoms with Gasteiger partial charge in [0.25, 0.3) is 5.91 Å². The normalized spacial score (nSPS) is 14.1. The number of anilines is 3. The Labute approximate surface area is 170 Å². The maximum atomic E-state index is 12.4. The molecule has 0 spiro atoms. The molecule has 1 saturated heterocycles. The standard InChI is InChI=1S/C22H25N5O2/c1-3-17-7-4-6-16(2)20(17)24-19-9-10-23-22(25-19)27-13-11-26(12-14-27)21(28)18-8-5-15-29-18/h4-10,15H,3,11-14H2,1-2H3,(H,23,24,25). The van der Waals surface area contributed by atoms with Crippen LogP contribution < -0.4 is 10.2 Å². The Morgan fingerprint density at radius 2 is 1.97 bits per heavy atom. The first-order valence-electron chi connectivity index (χ1n) is 9.92. The Morgan fingerprint density at radius 1 is 1.14 bits per heavy atom. The fourth-order valence-electron chi connectivity index (χ4n) is 3.57. The van der Waals surface area contributed by atoms with E-state index in [1.807, 2.05) is 6.07 Å². The first-order chi connectivity index (χ1) is 14.2. The molecule has 29 heavy (non-hydrogen) atoms. The number of carbonyl (C=O) groups is 1. The van der Waals surface area contributed by atoms with E-state index < -0.39 is 0 Å². The van der Waals surface area contributed by atoms with Gasteiger partial charge in [0.05, 0.1) is 6.26 Å². The third kappa shape index (κ3) is 4.08. The first-order valence-corrected chi connectivity index (χ1v) is 9.92. The lowest BCUT2D eigenvalue weighted by molar-refractivity contribution is 0.0714. The molecular formula is C22H25N5O2. The molecule has 0 unspecified atom stereocenters. The van der Waals surface area contributed by atoms with Crippen LogP contribution in [0.4, 0.5) is 17.5 Å². The molecular weight excluding hydrogens is 366 g/mol. The summed E-state index contributed by atoms with van der Waals surface area (Å²) in [7, 11) is 0. The number of amides is 1. The number of benzene rings is 1. The van der Waals surface area contributed by atoms with Crippen LogP contribution in [0.15, 0.2) is 53.3 Å². The summed E-state index contributed by atoms with van der Waals surface area (Å²) in [4.78, 5) is 25.5. The van der Waals surface area contributed by atoms with Gasteiger partial charge in [-0.3, -0.25) is 4.79 Å². The number of furan rings is 1. The summed E-state index contributed by atoms with van der Waals surface area (Å²) in [5.41, 5.74) is 3.55. The van der Waals surface area contributed by atoms with Crippen molar-refractivity contribution in [3.8, 4) is 0 Å². The zero-order valence-corrected chi connectivity index (χ0v) is 16.8. The van der Waals surface area contributed by atoms with E-state index in [1.165, 1.54) is 17.4 Å². The van der Waals surface area contributed by atoms with E-state index in [9.17, 15) is 4.79 Å². The molecule has 7 heteroatoms. The van der Waals surface area contributed by atoms with Gasteiger partial charge in [-0.05, 0) is 42.7 Å². The third-order valence-electron chi connectivity index (χ3n) is 5.22. The van der Waals surface area contributed by atoms with E-state index in [-0.39, 0.29) is 5.91 Å². The SMILES string of the molecule is CCc1cccc(C)c1Nc1ccnc(N2CCN(C(=O)c3ccco3)CC2)n1. The zero-order chi connectivity index (χ0) is 20.2. The van der Waals surface area contributed by atoms with Crippen molar-refractivity contribution < 1.29 is 9.21 Å². The van der Waals surface area contributed by atoms with Gasteiger partial charge >= 0.3 is 0 Å². The lowest BCUT2D eigenvalue weighted by atomic mass is 10.1. The predicted molar refractivity (Wildman–Crippen MR) is 113 cm³/mol. The van der Waals surface area contributed by atoms with E-state index in [0.717, 1.165) is 17.9 Å². The van der Waals surface area contributed by atoms with Crippen LogP contribution in [-0.4, -0.2) is 47.0 Å². The average Bonchev–Trinajstić information content (AvgIpc) is 3.30. The molecule has 3 heterocycles. The predicted octanol–water partition coefficient (Wildman–Crippen LogP) is 3.65. The van der Waals surface area contributed by atoms with Crippen molar-refractivity contribution in [2.24, 2.45) is 0 Å². The molecule has 1 aliphatic rings. The van der Waals surface area contributed by atoms with Crippen LogP contribution in [0, 0.1) is 6.92 Å². The summed E-state index contributed by atoms with van der Waals surface area (Å²) < 4.78 is 5.22. The van der Waals surface area contributed by atoms with Gasteiger partial charge in [-0.15, -0.1) is 0 Å². The second kappa shape index (κ2) is 8.34. The van der Waals surface area contributed by atoms with E-state index in [1.54, 1.807) is 23.2 Å². The van der Waals surface area contributed by atoms with E-state index >= 15 is 0 Å².